The molecule has 0 saturated carbocycles. The Morgan fingerprint density at radius 3 is 2.88 bits per heavy atom. The number of carbonyl (C=O) groups is 1. The number of hydrogen-bond acceptors (Lipinski definition) is 5. The molecule has 5 heterocycles. The molecule has 6 heteroatoms. The summed E-state index contributed by atoms with van der Waals surface area (Å²) in [7, 11) is 0. The van der Waals surface area contributed by atoms with Crippen molar-refractivity contribution >= 4 is 29.3 Å². The molecular weight excluding hydrogens is 352 g/mol. The molecule has 4 unspecified atom stereocenters. The molecule has 4 bridgehead atoms. The Bertz CT molecular complexity index is 879. The summed E-state index contributed by atoms with van der Waals surface area (Å²) in [5.41, 5.74) is 2.60. The number of piperidine rings is 3. The SMILES string of the molecule is Cl.O=C(OC1C=C2CC3CC(C1)N2CC3O)c1ccnc2ccccc12. The fourth-order valence-electron chi connectivity index (χ4n) is 4.59. The molecule has 1 aromatic carbocycles. The third-order valence-corrected chi connectivity index (χ3v) is 5.79. The van der Waals surface area contributed by atoms with E-state index in [1.165, 1.54) is 5.70 Å². The summed E-state index contributed by atoms with van der Waals surface area (Å²) < 4.78 is 5.82. The molecule has 4 atom stereocenters. The van der Waals surface area contributed by atoms with E-state index in [0.29, 0.717) is 17.5 Å². The smallest absolute Gasteiger partial charge is 0.339 e. The molecule has 26 heavy (non-hydrogen) atoms. The molecule has 4 aliphatic heterocycles. The van der Waals surface area contributed by atoms with Crippen LogP contribution in [0.3, 0.4) is 0 Å². The molecule has 0 spiro atoms. The highest BCUT2D eigenvalue weighted by Gasteiger charge is 2.45. The second kappa shape index (κ2) is 6.56. The Balaban J connectivity index is 0.00000168. The molecule has 3 fully saturated rings. The summed E-state index contributed by atoms with van der Waals surface area (Å²) >= 11 is 0. The van der Waals surface area contributed by atoms with Gasteiger partial charge in [0.25, 0.3) is 0 Å². The zero-order chi connectivity index (χ0) is 17.0. The van der Waals surface area contributed by atoms with Gasteiger partial charge < -0.3 is 14.7 Å². The Morgan fingerprint density at radius 2 is 2.08 bits per heavy atom. The van der Waals surface area contributed by atoms with Gasteiger partial charge in [-0.15, -0.1) is 12.4 Å². The normalized spacial score (nSPS) is 29.1. The first-order chi connectivity index (χ1) is 12.2. The summed E-state index contributed by atoms with van der Waals surface area (Å²) in [6.07, 6.45) is 6.02. The zero-order valence-electron chi connectivity index (χ0n) is 14.2. The maximum atomic E-state index is 12.7. The van der Waals surface area contributed by atoms with E-state index in [1.807, 2.05) is 24.3 Å². The number of aliphatic hydroxyl groups is 1. The van der Waals surface area contributed by atoms with Gasteiger partial charge in [-0.05, 0) is 37.0 Å². The van der Waals surface area contributed by atoms with Crippen LogP contribution >= 0.6 is 12.4 Å². The number of para-hydroxylation sites is 1. The van der Waals surface area contributed by atoms with Crippen LogP contribution in [0.15, 0.2) is 48.3 Å². The molecular formula is C20H21ClN2O3. The first-order valence-corrected chi connectivity index (χ1v) is 8.89. The van der Waals surface area contributed by atoms with Crippen LogP contribution in [0.5, 0.6) is 0 Å². The van der Waals surface area contributed by atoms with E-state index in [1.54, 1.807) is 12.3 Å². The molecule has 6 rings (SSSR count). The largest absolute Gasteiger partial charge is 0.454 e. The number of carbonyl (C=O) groups excluding carboxylic acids is 1. The fourth-order valence-corrected chi connectivity index (χ4v) is 4.59. The molecule has 0 amide bonds. The van der Waals surface area contributed by atoms with Gasteiger partial charge in [0.2, 0.25) is 0 Å². The fraction of sp³-hybridized carbons (Fsp3) is 0.400. The van der Waals surface area contributed by atoms with Crippen LogP contribution in [-0.2, 0) is 4.74 Å². The van der Waals surface area contributed by atoms with Crippen LogP contribution in [0.25, 0.3) is 10.9 Å². The number of halogens is 1. The molecule has 1 aromatic heterocycles. The van der Waals surface area contributed by atoms with Crippen LogP contribution in [0.1, 0.15) is 29.6 Å². The average molecular weight is 373 g/mol. The lowest BCUT2D eigenvalue weighted by Gasteiger charge is -2.53. The van der Waals surface area contributed by atoms with Crippen LogP contribution in [0.4, 0.5) is 0 Å². The van der Waals surface area contributed by atoms with Gasteiger partial charge in [0.1, 0.15) is 6.10 Å². The van der Waals surface area contributed by atoms with Gasteiger partial charge >= 0.3 is 5.97 Å². The highest BCUT2D eigenvalue weighted by Crippen LogP contribution is 2.43. The Labute approximate surface area is 158 Å². The molecule has 0 aliphatic carbocycles. The van der Waals surface area contributed by atoms with E-state index in [0.717, 1.165) is 36.7 Å². The molecule has 2 aromatic rings. The minimum Gasteiger partial charge on any atom is -0.454 e. The molecule has 0 radical (unpaired) electrons. The van der Waals surface area contributed by atoms with E-state index < -0.39 is 0 Å². The maximum Gasteiger partial charge on any atom is 0.339 e. The Morgan fingerprint density at radius 1 is 1.23 bits per heavy atom. The van der Waals surface area contributed by atoms with E-state index in [-0.39, 0.29) is 30.6 Å². The lowest BCUT2D eigenvalue weighted by molar-refractivity contribution is -0.0511. The number of aliphatic hydroxyl groups excluding tert-OH is 1. The first-order valence-electron chi connectivity index (χ1n) is 8.89. The lowest BCUT2D eigenvalue weighted by atomic mass is 9.75. The molecule has 136 valence electrons. The molecule has 5 nitrogen and oxygen atoms in total. The summed E-state index contributed by atoms with van der Waals surface area (Å²) in [5.74, 6) is 0.0719. The van der Waals surface area contributed by atoms with Crippen molar-refractivity contribution in [2.75, 3.05) is 6.54 Å². The Kier molecular flexibility index (Phi) is 4.37. The summed E-state index contributed by atoms with van der Waals surface area (Å²) in [6, 6.07) is 9.73. The number of allylic oxidation sites excluding steroid dienone is 1. The summed E-state index contributed by atoms with van der Waals surface area (Å²) in [4.78, 5) is 19.3. The van der Waals surface area contributed by atoms with E-state index >= 15 is 0 Å². The molecule has 4 aliphatic rings. The van der Waals surface area contributed by atoms with Crippen molar-refractivity contribution in [2.24, 2.45) is 5.92 Å². The quantitative estimate of drug-likeness (QED) is 0.821. The second-order valence-corrected chi connectivity index (χ2v) is 7.29. The first kappa shape index (κ1) is 17.3. The predicted octanol–water partition coefficient (Wildman–Crippen LogP) is 2.92. The predicted molar refractivity (Wildman–Crippen MR) is 100 cm³/mol. The van der Waals surface area contributed by atoms with Crippen LogP contribution < -0.4 is 0 Å². The van der Waals surface area contributed by atoms with Crippen molar-refractivity contribution in [3.63, 3.8) is 0 Å². The van der Waals surface area contributed by atoms with Crippen molar-refractivity contribution < 1.29 is 14.6 Å². The van der Waals surface area contributed by atoms with E-state index in [9.17, 15) is 9.90 Å². The van der Waals surface area contributed by atoms with Crippen molar-refractivity contribution in [1.82, 2.24) is 9.88 Å². The van der Waals surface area contributed by atoms with E-state index in [2.05, 4.69) is 16.0 Å². The Hall–Kier alpha value is -2.11. The summed E-state index contributed by atoms with van der Waals surface area (Å²) in [5, 5.41) is 10.9. The zero-order valence-corrected chi connectivity index (χ0v) is 15.1. The molecule has 1 N–H and O–H groups in total. The highest BCUT2D eigenvalue weighted by molar-refractivity contribution is 6.03. The number of nitrogens with zero attached hydrogens (tertiary/aromatic N) is 2. The van der Waals surface area contributed by atoms with Crippen molar-refractivity contribution in [3.05, 3.63) is 53.9 Å². The topological polar surface area (TPSA) is 62.7 Å². The second-order valence-electron chi connectivity index (χ2n) is 7.29. The van der Waals surface area contributed by atoms with Gasteiger partial charge in [0.15, 0.2) is 0 Å². The van der Waals surface area contributed by atoms with Gasteiger partial charge in [-0.2, -0.15) is 0 Å². The summed E-state index contributed by atoms with van der Waals surface area (Å²) in [6.45, 7) is 0.719. The number of ether oxygens (including phenoxy) is 1. The van der Waals surface area contributed by atoms with Gasteiger partial charge in [0, 0.05) is 36.3 Å². The van der Waals surface area contributed by atoms with Crippen LogP contribution in [0, 0.1) is 5.92 Å². The standard InChI is InChI=1S/C20H20N2O3.ClH/c23-19-11-22-13-7-12(19)8-14(22)10-15(9-13)25-20(24)17-5-6-21-18-4-2-1-3-16(17)18;/h1-6,9,12,14-15,19,23H,7-8,10-11H2;1H. The number of pyridine rings is 1. The van der Waals surface area contributed by atoms with E-state index in [4.69, 9.17) is 4.74 Å². The third kappa shape index (κ3) is 2.75. The minimum atomic E-state index is -0.291. The van der Waals surface area contributed by atoms with Crippen molar-refractivity contribution in [3.8, 4) is 0 Å². The highest BCUT2D eigenvalue weighted by atomic mass is 35.5. The van der Waals surface area contributed by atoms with Crippen molar-refractivity contribution in [1.29, 1.82) is 0 Å². The average Bonchev–Trinajstić information content (AvgIpc) is 2.61. The van der Waals surface area contributed by atoms with Gasteiger partial charge in [-0.3, -0.25) is 4.98 Å². The number of fused-ring (bicyclic) bond motifs is 2. The van der Waals surface area contributed by atoms with Crippen molar-refractivity contribution in [2.45, 2.75) is 37.5 Å². The molecule has 3 saturated heterocycles. The minimum absolute atomic E-state index is 0. The lowest BCUT2D eigenvalue weighted by Crippen LogP contribution is -2.57. The maximum absolute atomic E-state index is 12.7. The number of hydrogen-bond donors (Lipinski definition) is 1. The third-order valence-electron chi connectivity index (χ3n) is 5.79. The number of rotatable bonds is 2. The number of aromatic nitrogens is 1. The number of esters is 1. The number of benzene rings is 1. The van der Waals surface area contributed by atoms with Crippen LogP contribution in [0.2, 0.25) is 0 Å². The van der Waals surface area contributed by atoms with Crippen LogP contribution in [-0.4, -0.2) is 45.8 Å². The van der Waals surface area contributed by atoms with Gasteiger partial charge in [-0.1, -0.05) is 18.2 Å². The monoisotopic (exact) mass is 372 g/mol. The van der Waals surface area contributed by atoms with Gasteiger partial charge in [0.05, 0.1) is 17.2 Å². The van der Waals surface area contributed by atoms with Gasteiger partial charge in [-0.25, -0.2) is 4.79 Å².